The molecule has 0 atom stereocenters. The van der Waals surface area contributed by atoms with Crippen LogP contribution in [0.1, 0.15) is 25.8 Å². The molecule has 5 nitrogen and oxygen atoms in total. The molecule has 0 saturated carbocycles. The highest BCUT2D eigenvalue weighted by molar-refractivity contribution is 9.10. The van der Waals surface area contributed by atoms with Crippen LogP contribution in [-0.2, 0) is 6.54 Å². The molecule has 0 aliphatic carbocycles. The first-order valence-electron chi connectivity index (χ1n) is 8.87. The van der Waals surface area contributed by atoms with E-state index in [4.69, 9.17) is 35.4 Å². The number of benzene rings is 1. The number of hydrogen-bond acceptors (Lipinski definition) is 3. The van der Waals surface area contributed by atoms with Gasteiger partial charge in [0, 0.05) is 12.7 Å². The number of nitrogens with zero attached hydrogens (tertiary/aromatic N) is 3. The Balaban J connectivity index is 1.84. The fourth-order valence-electron chi connectivity index (χ4n) is 2.58. The van der Waals surface area contributed by atoms with Gasteiger partial charge in [0.15, 0.2) is 10.9 Å². The highest BCUT2D eigenvalue weighted by Gasteiger charge is 2.09. The van der Waals surface area contributed by atoms with E-state index in [9.17, 15) is 0 Å². The molecular weight excluding hydrogens is 469 g/mol. The summed E-state index contributed by atoms with van der Waals surface area (Å²) in [6, 6.07) is 5.56. The first kappa shape index (κ1) is 22.4. The molecule has 0 unspecified atom stereocenters. The summed E-state index contributed by atoms with van der Waals surface area (Å²) in [7, 11) is 0. The molecule has 27 heavy (non-hydrogen) atoms. The summed E-state index contributed by atoms with van der Waals surface area (Å²) >= 11 is 20.9. The summed E-state index contributed by atoms with van der Waals surface area (Å²) in [5.74, 6) is 0.677. The number of anilines is 1. The van der Waals surface area contributed by atoms with E-state index < -0.39 is 0 Å². The van der Waals surface area contributed by atoms with Gasteiger partial charge in [-0.25, -0.2) is 0 Å². The minimum Gasteiger partial charge on any atom is -0.362 e. The molecule has 2 N–H and O–H groups in total. The normalized spacial score (nSPS) is 11.0. The fraction of sp³-hybridized carbons (Fsp3) is 0.444. The average molecular weight is 493 g/mol. The van der Waals surface area contributed by atoms with E-state index in [1.165, 1.54) is 0 Å². The summed E-state index contributed by atoms with van der Waals surface area (Å²) in [6.45, 7) is 8.96. The van der Waals surface area contributed by atoms with Crippen molar-refractivity contribution in [2.45, 2.75) is 26.8 Å². The van der Waals surface area contributed by atoms with Gasteiger partial charge >= 0.3 is 0 Å². The number of nitrogens with one attached hydrogen (secondary N) is 2. The Hall–Kier alpha value is -0.860. The molecule has 0 spiro atoms. The van der Waals surface area contributed by atoms with E-state index in [0.717, 1.165) is 42.6 Å². The van der Waals surface area contributed by atoms with E-state index in [1.54, 1.807) is 6.07 Å². The van der Waals surface area contributed by atoms with E-state index in [2.05, 4.69) is 50.4 Å². The molecule has 2 rings (SSSR count). The van der Waals surface area contributed by atoms with Crippen LogP contribution >= 0.6 is 51.3 Å². The maximum Gasteiger partial charge on any atom is 0.172 e. The number of aromatic nitrogens is 2. The molecule has 148 valence electrons. The summed E-state index contributed by atoms with van der Waals surface area (Å²) < 4.78 is 2.66. The van der Waals surface area contributed by atoms with Crippen molar-refractivity contribution in [3.8, 4) is 0 Å². The zero-order valence-corrected chi connectivity index (χ0v) is 19.4. The van der Waals surface area contributed by atoms with Gasteiger partial charge in [0.25, 0.3) is 0 Å². The van der Waals surface area contributed by atoms with Crippen LogP contribution in [0.4, 0.5) is 5.82 Å². The quantitative estimate of drug-likeness (QED) is 0.380. The zero-order chi connectivity index (χ0) is 19.8. The van der Waals surface area contributed by atoms with E-state index >= 15 is 0 Å². The lowest BCUT2D eigenvalue weighted by Crippen LogP contribution is -2.32. The standard InChI is InChI=1S/C18H24BrCl2N5S/c1-3-25(4-2)9-5-8-22-18(27)23-17-14(19)12-26(24-17)11-13-6-7-15(20)16(21)10-13/h6-7,10,12H,3-5,8-9,11H2,1-2H3,(H2,22,23,24,27). The van der Waals surface area contributed by atoms with Crippen LogP contribution in [0.15, 0.2) is 28.9 Å². The van der Waals surface area contributed by atoms with Crippen molar-refractivity contribution in [2.24, 2.45) is 0 Å². The van der Waals surface area contributed by atoms with Crippen LogP contribution in [0.5, 0.6) is 0 Å². The Labute approximate surface area is 184 Å². The molecule has 2 aromatic rings. The third kappa shape index (κ3) is 7.23. The van der Waals surface area contributed by atoms with Gasteiger partial charge in [-0.15, -0.1) is 0 Å². The molecule has 0 aliphatic rings. The van der Waals surface area contributed by atoms with Crippen molar-refractivity contribution in [2.75, 3.05) is 31.5 Å². The van der Waals surface area contributed by atoms with Gasteiger partial charge in [-0.2, -0.15) is 5.10 Å². The molecule has 0 aliphatic heterocycles. The number of thiocarbonyl (C=S) groups is 1. The molecule has 0 radical (unpaired) electrons. The second-order valence-electron chi connectivity index (χ2n) is 6.03. The highest BCUT2D eigenvalue weighted by atomic mass is 79.9. The Morgan fingerprint density at radius 3 is 2.67 bits per heavy atom. The third-order valence-electron chi connectivity index (χ3n) is 4.11. The predicted molar refractivity (Wildman–Crippen MR) is 122 cm³/mol. The summed E-state index contributed by atoms with van der Waals surface area (Å²) in [4.78, 5) is 2.39. The number of hydrogen-bond donors (Lipinski definition) is 2. The molecular formula is C18H24BrCl2N5S. The van der Waals surface area contributed by atoms with Crippen LogP contribution in [0.3, 0.4) is 0 Å². The number of rotatable bonds is 9. The van der Waals surface area contributed by atoms with Crippen molar-refractivity contribution < 1.29 is 0 Å². The lowest BCUT2D eigenvalue weighted by Gasteiger charge is -2.18. The van der Waals surface area contributed by atoms with Crippen LogP contribution in [0.25, 0.3) is 0 Å². The van der Waals surface area contributed by atoms with Crippen molar-refractivity contribution in [1.29, 1.82) is 0 Å². The summed E-state index contributed by atoms with van der Waals surface area (Å²) in [6.07, 6.45) is 2.93. The lowest BCUT2D eigenvalue weighted by atomic mass is 10.2. The lowest BCUT2D eigenvalue weighted by molar-refractivity contribution is 0.300. The van der Waals surface area contributed by atoms with Gasteiger partial charge in [0.2, 0.25) is 0 Å². The highest BCUT2D eigenvalue weighted by Crippen LogP contribution is 2.24. The molecule has 0 amide bonds. The van der Waals surface area contributed by atoms with Crippen LogP contribution in [0.2, 0.25) is 10.0 Å². The van der Waals surface area contributed by atoms with E-state index in [1.807, 2.05) is 23.0 Å². The Morgan fingerprint density at radius 2 is 2.00 bits per heavy atom. The van der Waals surface area contributed by atoms with Gasteiger partial charge in [0.1, 0.15) is 0 Å². The molecule has 1 aromatic heterocycles. The first-order chi connectivity index (χ1) is 12.9. The molecule has 9 heteroatoms. The Bertz CT molecular complexity index is 764. The van der Waals surface area contributed by atoms with Crippen molar-refractivity contribution in [3.63, 3.8) is 0 Å². The predicted octanol–water partition coefficient (Wildman–Crippen LogP) is 5.02. The van der Waals surface area contributed by atoms with Gasteiger partial charge < -0.3 is 15.5 Å². The molecule has 1 aromatic carbocycles. The average Bonchev–Trinajstić information content (AvgIpc) is 2.97. The minimum atomic E-state index is 0.536. The van der Waals surface area contributed by atoms with Gasteiger partial charge in [-0.3, -0.25) is 4.68 Å². The van der Waals surface area contributed by atoms with Crippen LogP contribution < -0.4 is 10.6 Å². The zero-order valence-electron chi connectivity index (χ0n) is 15.4. The molecule has 1 heterocycles. The summed E-state index contributed by atoms with van der Waals surface area (Å²) in [5.41, 5.74) is 1.02. The third-order valence-corrected chi connectivity index (χ3v) is 5.67. The Kier molecular flexibility index (Phi) is 9.32. The maximum absolute atomic E-state index is 6.07. The maximum atomic E-state index is 6.07. The SMILES string of the molecule is CCN(CC)CCCNC(=S)Nc1nn(Cc2ccc(Cl)c(Cl)c2)cc1Br. The molecule has 0 bridgehead atoms. The van der Waals surface area contributed by atoms with Crippen LogP contribution in [0, 0.1) is 0 Å². The topological polar surface area (TPSA) is 45.1 Å². The second-order valence-corrected chi connectivity index (χ2v) is 8.11. The first-order valence-corrected chi connectivity index (χ1v) is 10.8. The van der Waals surface area contributed by atoms with Gasteiger partial charge in [-0.1, -0.05) is 43.1 Å². The smallest absolute Gasteiger partial charge is 0.172 e. The number of halogens is 3. The molecule has 0 fully saturated rings. The van der Waals surface area contributed by atoms with Crippen LogP contribution in [-0.4, -0.2) is 46.0 Å². The monoisotopic (exact) mass is 491 g/mol. The molecule has 0 saturated heterocycles. The van der Waals surface area contributed by atoms with E-state index in [0.29, 0.717) is 27.5 Å². The van der Waals surface area contributed by atoms with Crippen molar-refractivity contribution in [1.82, 2.24) is 20.0 Å². The minimum absolute atomic E-state index is 0.536. The van der Waals surface area contributed by atoms with E-state index in [-0.39, 0.29) is 0 Å². The fourth-order valence-corrected chi connectivity index (χ4v) is 3.52. The van der Waals surface area contributed by atoms with Crippen molar-refractivity contribution >= 4 is 62.3 Å². The Morgan fingerprint density at radius 1 is 1.26 bits per heavy atom. The van der Waals surface area contributed by atoms with Gasteiger partial charge in [-0.05, 0) is 71.9 Å². The largest absolute Gasteiger partial charge is 0.362 e. The second kappa shape index (κ2) is 11.2. The van der Waals surface area contributed by atoms with Gasteiger partial charge in [0.05, 0.1) is 21.1 Å². The summed E-state index contributed by atoms with van der Waals surface area (Å²) in [5, 5.41) is 12.5. The van der Waals surface area contributed by atoms with Crippen molar-refractivity contribution in [3.05, 3.63) is 44.5 Å².